The van der Waals surface area contributed by atoms with Crippen molar-refractivity contribution in [2.45, 2.75) is 13.8 Å². The Bertz CT molecular complexity index is 351. The summed E-state index contributed by atoms with van der Waals surface area (Å²) >= 11 is 0. The molecule has 1 aromatic carbocycles. The predicted octanol–water partition coefficient (Wildman–Crippen LogP) is 2.49. The molecule has 0 saturated carbocycles. The number of hydrogen-bond donors (Lipinski definition) is 0. The van der Waals surface area contributed by atoms with Gasteiger partial charge < -0.3 is 0 Å². The van der Waals surface area contributed by atoms with E-state index in [0.717, 1.165) is 0 Å². The summed E-state index contributed by atoms with van der Waals surface area (Å²) in [6.07, 6.45) is 0. The highest BCUT2D eigenvalue weighted by Crippen LogP contribution is 2.27. The molecule has 0 aromatic heterocycles. The molecule has 70 valence electrons. The molecule has 0 heterocycles. The molecule has 0 fully saturated rings. The highest BCUT2D eigenvalue weighted by Gasteiger charge is 2.21. The lowest BCUT2D eigenvalue weighted by atomic mass is 10.1. The Balaban J connectivity index is 3.56. The van der Waals surface area contributed by atoms with E-state index in [1.165, 1.54) is 13.8 Å². The standard InChI is InChI=1S/C8H7F2NO2/c1-4-6(9)3-7(10)5(2)8(4)11(12)13/h3H,1-2H3. The monoisotopic (exact) mass is 187 g/mol. The van der Waals surface area contributed by atoms with Crippen LogP contribution in [0.5, 0.6) is 0 Å². The maximum Gasteiger partial charge on any atom is 0.281 e. The zero-order valence-electron chi connectivity index (χ0n) is 7.10. The lowest BCUT2D eigenvalue weighted by molar-refractivity contribution is -0.386. The number of benzene rings is 1. The summed E-state index contributed by atoms with van der Waals surface area (Å²) in [5.41, 5.74) is -0.759. The Morgan fingerprint density at radius 1 is 1.23 bits per heavy atom. The van der Waals surface area contributed by atoms with Crippen molar-refractivity contribution >= 4 is 5.69 Å². The minimum absolute atomic E-state index is 0.135. The highest BCUT2D eigenvalue weighted by atomic mass is 19.1. The molecule has 0 aliphatic carbocycles. The van der Waals surface area contributed by atoms with Crippen LogP contribution in [0.3, 0.4) is 0 Å². The molecule has 0 aliphatic rings. The van der Waals surface area contributed by atoms with Crippen molar-refractivity contribution in [2.24, 2.45) is 0 Å². The third-order valence-corrected chi connectivity index (χ3v) is 1.86. The van der Waals surface area contributed by atoms with E-state index >= 15 is 0 Å². The van der Waals surface area contributed by atoms with Crippen LogP contribution in [0.4, 0.5) is 14.5 Å². The van der Waals surface area contributed by atoms with Gasteiger partial charge in [0.15, 0.2) is 0 Å². The molecule has 1 rings (SSSR count). The largest absolute Gasteiger partial charge is 0.281 e. The van der Waals surface area contributed by atoms with Crippen molar-refractivity contribution in [2.75, 3.05) is 0 Å². The molecule has 0 atom stereocenters. The van der Waals surface area contributed by atoms with Crippen molar-refractivity contribution < 1.29 is 13.7 Å². The summed E-state index contributed by atoms with van der Waals surface area (Å²) in [5, 5.41) is 10.4. The molecule has 0 amide bonds. The van der Waals surface area contributed by atoms with E-state index in [-0.39, 0.29) is 11.1 Å². The molecule has 0 saturated heterocycles. The van der Waals surface area contributed by atoms with E-state index in [9.17, 15) is 18.9 Å². The Morgan fingerprint density at radius 3 is 1.92 bits per heavy atom. The molecule has 13 heavy (non-hydrogen) atoms. The predicted molar refractivity (Wildman–Crippen MR) is 42.5 cm³/mol. The molecule has 0 spiro atoms. The van der Waals surface area contributed by atoms with Gasteiger partial charge in [0.1, 0.15) is 11.6 Å². The lowest BCUT2D eigenvalue weighted by Crippen LogP contribution is -2.00. The fourth-order valence-corrected chi connectivity index (χ4v) is 1.11. The van der Waals surface area contributed by atoms with Gasteiger partial charge in [-0.1, -0.05) is 0 Å². The van der Waals surface area contributed by atoms with E-state index in [4.69, 9.17) is 0 Å². The molecule has 0 aliphatic heterocycles. The van der Waals surface area contributed by atoms with Crippen molar-refractivity contribution in [3.8, 4) is 0 Å². The van der Waals surface area contributed by atoms with Crippen LogP contribution in [0, 0.1) is 35.6 Å². The molecule has 0 bridgehead atoms. The van der Waals surface area contributed by atoms with E-state index in [1.54, 1.807) is 0 Å². The summed E-state index contributed by atoms with van der Waals surface area (Å²) < 4.78 is 25.7. The van der Waals surface area contributed by atoms with Gasteiger partial charge in [-0.25, -0.2) is 8.78 Å². The van der Waals surface area contributed by atoms with Crippen molar-refractivity contribution in [1.82, 2.24) is 0 Å². The van der Waals surface area contributed by atoms with Gasteiger partial charge in [0, 0.05) is 6.07 Å². The van der Waals surface area contributed by atoms with Crippen LogP contribution in [0.25, 0.3) is 0 Å². The van der Waals surface area contributed by atoms with Crippen molar-refractivity contribution in [3.63, 3.8) is 0 Å². The minimum Gasteiger partial charge on any atom is -0.258 e. The van der Waals surface area contributed by atoms with E-state index < -0.39 is 22.2 Å². The number of nitrogens with zero attached hydrogens (tertiary/aromatic N) is 1. The lowest BCUT2D eigenvalue weighted by Gasteiger charge is -2.02. The van der Waals surface area contributed by atoms with Gasteiger partial charge in [-0.2, -0.15) is 0 Å². The van der Waals surface area contributed by atoms with Crippen LogP contribution in [0.1, 0.15) is 11.1 Å². The van der Waals surface area contributed by atoms with Crippen LogP contribution >= 0.6 is 0 Å². The van der Waals surface area contributed by atoms with Gasteiger partial charge in [0.25, 0.3) is 5.69 Å². The van der Waals surface area contributed by atoms with Crippen molar-refractivity contribution in [1.29, 1.82) is 0 Å². The Kier molecular flexibility index (Phi) is 2.27. The first-order valence-corrected chi connectivity index (χ1v) is 3.54. The third kappa shape index (κ3) is 1.49. The summed E-state index contributed by atoms with van der Waals surface area (Å²) in [7, 11) is 0. The topological polar surface area (TPSA) is 43.1 Å². The maximum absolute atomic E-state index is 12.8. The molecule has 5 heteroatoms. The van der Waals surface area contributed by atoms with Crippen LogP contribution in [0.15, 0.2) is 6.07 Å². The fraction of sp³-hybridized carbons (Fsp3) is 0.250. The molecule has 0 radical (unpaired) electrons. The van der Waals surface area contributed by atoms with Gasteiger partial charge in [-0.05, 0) is 13.8 Å². The fourth-order valence-electron chi connectivity index (χ4n) is 1.11. The van der Waals surface area contributed by atoms with Crippen LogP contribution in [0.2, 0.25) is 0 Å². The number of hydrogen-bond acceptors (Lipinski definition) is 2. The first-order chi connectivity index (χ1) is 5.95. The molecule has 1 aromatic rings. The number of rotatable bonds is 1. The summed E-state index contributed by atoms with van der Waals surface area (Å²) in [6.45, 7) is 2.50. The van der Waals surface area contributed by atoms with Gasteiger partial charge in [-0.15, -0.1) is 0 Å². The number of nitro groups is 1. The number of halogens is 2. The van der Waals surface area contributed by atoms with E-state index in [1.807, 2.05) is 0 Å². The van der Waals surface area contributed by atoms with Gasteiger partial charge in [0.05, 0.1) is 16.1 Å². The molecule has 3 nitrogen and oxygen atoms in total. The van der Waals surface area contributed by atoms with Gasteiger partial charge in [-0.3, -0.25) is 10.1 Å². The SMILES string of the molecule is Cc1c(F)cc(F)c(C)c1[N+](=O)[O-]. The van der Waals surface area contributed by atoms with Crippen molar-refractivity contribution in [3.05, 3.63) is 38.9 Å². The van der Waals surface area contributed by atoms with E-state index in [2.05, 4.69) is 0 Å². The first kappa shape index (κ1) is 9.57. The van der Waals surface area contributed by atoms with Crippen LogP contribution < -0.4 is 0 Å². The normalized spacial score (nSPS) is 10.2. The maximum atomic E-state index is 12.8. The molecule has 0 unspecified atom stereocenters. The van der Waals surface area contributed by atoms with Crippen LogP contribution in [-0.4, -0.2) is 4.92 Å². The smallest absolute Gasteiger partial charge is 0.258 e. The zero-order valence-corrected chi connectivity index (χ0v) is 7.10. The van der Waals surface area contributed by atoms with Gasteiger partial charge >= 0.3 is 0 Å². The summed E-state index contributed by atoms with van der Waals surface area (Å²) in [6, 6.07) is 0.650. The average Bonchev–Trinajstić information content (AvgIpc) is 2.01. The average molecular weight is 187 g/mol. The Labute approximate surface area is 73.1 Å². The molecule has 0 N–H and O–H groups in total. The Morgan fingerprint density at radius 2 is 1.62 bits per heavy atom. The van der Waals surface area contributed by atoms with E-state index in [0.29, 0.717) is 6.07 Å². The van der Waals surface area contributed by atoms with Gasteiger partial charge in [0.2, 0.25) is 0 Å². The summed E-state index contributed by atoms with van der Waals surface area (Å²) in [5.74, 6) is -1.79. The quantitative estimate of drug-likeness (QED) is 0.500. The number of nitro benzene ring substituents is 1. The Hall–Kier alpha value is -1.52. The first-order valence-electron chi connectivity index (χ1n) is 3.54. The highest BCUT2D eigenvalue weighted by molar-refractivity contribution is 5.47. The zero-order chi connectivity index (χ0) is 10.2. The molecular formula is C8H7F2NO2. The summed E-state index contributed by atoms with van der Waals surface area (Å²) in [4.78, 5) is 9.64. The third-order valence-electron chi connectivity index (χ3n) is 1.86. The minimum atomic E-state index is -0.894. The molecular weight excluding hydrogens is 180 g/mol. The van der Waals surface area contributed by atoms with Crippen LogP contribution in [-0.2, 0) is 0 Å². The second-order valence-corrected chi connectivity index (χ2v) is 2.70. The second-order valence-electron chi connectivity index (χ2n) is 2.70. The second kappa shape index (κ2) is 3.08.